The third kappa shape index (κ3) is 7.50. The van der Waals surface area contributed by atoms with E-state index in [-0.39, 0.29) is 44.0 Å². The van der Waals surface area contributed by atoms with Crippen LogP contribution in [0.1, 0.15) is 31.8 Å². The van der Waals surface area contributed by atoms with Gasteiger partial charge in [0.2, 0.25) is 0 Å². The number of carbonyl (C=O) groups excluding carboxylic acids is 3. The van der Waals surface area contributed by atoms with Crippen molar-refractivity contribution in [2.75, 3.05) is 21.3 Å². The lowest BCUT2D eigenvalue weighted by Crippen LogP contribution is -2.21. The average molecular weight is 771 g/mol. The minimum Gasteiger partial charge on any atom is -0.505 e. The molecule has 0 radical (unpaired) electrons. The molecule has 0 aliphatic rings. The number of nitrogens with one attached hydrogen (secondary N) is 4. The average Bonchev–Trinajstić information content (AvgIpc) is 3.11. The normalized spacial score (nSPS) is 11.6. The van der Waals surface area contributed by atoms with E-state index in [0.717, 1.165) is 12.1 Å². The Balaban J connectivity index is 1.14. The Kier molecular flexibility index (Phi) is 9.74. The van der Waals surface area contributed by atoms with Crippen LogP contribution in [0.4, 0.5) is 27.5 Å². The first-order valence-electron chi connectivity index (χ1n) is 15.8. The Labute approximate surface area is 307 Å². The van der Waals surface area contributed by atoms with Gasteiger partial charge >= 0.3 is 6.03 Å². The molecule has 6 aromatic rings. The van der Waals surface area contributed by atoms with Crippen LogP contribution in [-0.4, -0.2) is 54.0 Å². The Hall–Kier alpha value is -6.53. The van der Waals surface area contributed by atoms with Crippen molar-refractivity contribution in [2.45, 2.75) is 23.6 Å². The summed E-state index contributed by atoms with van der Waals surface area (Å²) in [7, 11) is -9.42. The molecule has 276 valence electrons. The Morgan fingerprint density at radius 2 is 0.833 bits per heavy atom. The number of aryl methyl sites for hydroxylation is 2. The monoisotopic (exact) mass is 770 g/mol. The number of anilines is 4. The third-order valence-corrected chi connectivity index (χ3v) is 10.3. The lowest BCUT2D eigenvalue weighted by molar-refractivity contribution is 0.101. The first-order chi connectivity index (χ1) is 25.4. The summed E-state index contributed by atoms with van der Waals surface area (Å²) in [5.74, 6) is -2.23. The van der Waals surface area contributed by atoms with Crippen molar-refractivity contribution in [1.82, 2.24) is 0 Å². The van der Waals surface area contributed by atoms with Crippen LogP contribution in [-0.2, 0) is 20.2 Å². The second-order valence-corrected chi connectivity index (χ2v) is 14.9. The summed E-state index contributed by atoms with van der Waals surface area (Å²) < 4.78 is 67.6. The van der Waals surface area contributed by atoms with Gasteiger partial charge in [0.15, 0.2) is 0 Å². The summed E-state index contributed by atoms with van der Waals surface area (Å²) in [4.78, 5) is 38.2. The van der Waals surface area contributed by atoms with Crippen molar-refractivity contribution in [3.63, 3.8) is 0 Å². The van der Waals surface area contributed by atoms with Crippen molar-refractivity contribution in [1.29, 1.82) is 0 Å². The smallest absolute Gasteiger partial charge is 0.323 e. The van der Waals surface area contributed by atoms with Gasteiger partial charge in [0.25, 0.3) is 32.1 Å². The summed E-state index contributed by atoms with van der Waals surface area (Å²) >= 11 is 0. The number of fused-ring (bicyclic) bond motifs is 2. The number of rotatable bonds is 8. The lowest BCUT2D eigenvalue weighted by atomic mass is 10.1. The van der Waals surface area contributed by atoms with Gasteiger partial charge in [-0.1, -0.05) is 48.5 Å². The highest BCUT2D eigenvalue weighted by Gasteiger charge is 2.23. The zero-order valence-electron chi connectivity index (χ0n) is 28.2. The number of hydrogen-bond donors (Lipinski definition) is 8. The van der Waals surface area contributed by atoms with Gasteiger partial charge in [-0.05, 0) is 73.5 Å². The molecular formula is C37H30N4O11S2. The zero-order valence-corrected chi connectivity index (χ0v) is 29.8. The van der Waals surface area contributed by atoms with E-state index in [1.54, 1.807) is 26.0 Å². The molecule has 6 aromatic carbocycles. The van der Waals surface area contributed by atoms with Crippen LogP contribution in [0.3, 0.4) is 0 Å². The minimum absolute atomic E-state index is 0.0638. The molecule has 0 saturated heterocycles. The van der Waals surface area contributed by atoms with Crippen LogP contribution in [0, 0.1) is 13.8 Å². The maximum Gasteiger partial charge on any atom is 0.323 e. The maximum absolute atomic E-state index is 13.1. The Morgan fingerprint density at radius 3 is 1.17 bits per heavy atom. The summed E-state index contributed by atoms with van der Waals surface area (Å²) in [6, 6.07) is 21.7. The predicted molar refractivity (Wildman–Crippen MR) is 202 cm³/mol. The van der Waals surface area contributed by atoms with Crippen molar-refractivity contribution >= 4 is 82.4 Å². The highest BCUT2D eigenvalue weighted by atomic mass is 32.2. The molecule has 0 heterocycles. The fourth-order valence-electron chi connectivity index (χ4n) is 5.83. The van der Waals surface area contributed by atoms with Crippen LogP contribution in [0.5, 0.6) is 11.5 Å². The summed E-state index contributed by atoms with van der Waals surface area (Å²) in [6.45, 7) is 3.25. The van der Waals surface area contributed by atoms with E-state index in [1.807, 2.05) is 0 Å². The predicted octanol–water partition coefficient (Wildman–Crippen LogP) is 6.66. The largest absolute Gasteiger partial charge is 0.505 e. The molecular weight excluding hydrogens is 741 g/mol. The number of carbonyl (C=O) groups is 3. The van der Waals surface area contributed by atoms with Gasteiger partial charge in [-0.25, -0.2) is 4.79 Å². The molecule has 0 aromatic heterocycles. The van der Waals surface area contributed by atoms with Crippen molar-refractivity contribution in [3.8, 4) is 11.5 Å². The van der Waals surface area contributed by atoms with E-state index in [0.29, 0.717) is 22.5 Å². The highest BCUT2D eigenvalue weighted by Crippen LogP contribution is 2.39. The van der Waals surface area contributed by atoms with E-state index in [2.05, 4.69) is 21.3 Å². The molecule has 4 amide bonds. The number of phenols is 2. The van der Waals surface area contributed by atoms with E-state index in [4.69, 9.17) is 0 Å². The van der Waals surface area contributed by atoms with Gasteiger partial charge in [0.05, 0.1) is 11.4 Å². The molecule has 0 atom stereocenters. The number of hydrogen-bond acceptors (Lipinski definition) is 9. The van der Waals surface area contributed by atoms with Crippen LogP contribution in [0.15, 0.2) is 107 Å². The van der Waals surface area contributed by atoms with Crippen molar-refractivity contribution < 1.29 is 50.5 Å². The van der Waals surface area contributed by atoms with E-state index >= 15 is 0 Å². The molecule has 0 saturated carbocycles. The van der Waals surface area contributed by atoms with Crippen LogP contribution in [0.25, 0.3) is 21.5 Å². The quantitative estimate of drug-likeness (QED) is 0.0600. The number of aromatic hydroxyl groups is 2. The van der Waals surface area contributed by atoms with Gasteiger partial charge in [-0.2, -0.15) is 16.8 Å². The van der Waals surface area contributed by atoms with Crippen LogP contribution < -0.4 is 21.3 Å². The molecule has 0 fully saturated rings. The van der Waals surface area contributed by atoms with Crippen molar-refractivity contribution in [3.05, 3.63) is 119 Å². The number of benzene rings is 6. The highest BCUT2D eigenvalue weighted by molar-refractivity contribution is 7.86. The number of phenolic OH excluding ortho intramolecular Hbond substituents is 2. The van der Waals surface area contributed by atoms with E-state index < -0.39 is 59.4 Å². The van der Waals surface area contributed by atoms with Crippen molar-refractivity contribution in [2.24, 2.45) is 0 Å². The molecule has 0 spiro atoms. The van der Waals surface area contributed by atoms with E-state index in [1.165, 1.54) is 72.8 Å². The maximum atomic E-state index is 13.1. The molecule has 0 aliphatic carbocycles. The first kappa shape index (κ1) is 37.2. The summed E-state index contributed by atoms with van der Waals surface area (Å²) in [5, 5.41) is 32.1. The fourth-order valence-corrected chi connectivity index (χ4v) is 7.27. The number of urea groups is 1. The number of amides is 4. The molecule has 0 aliphatic heterocycles. The van der Waals surface area contributed by atoms with Gasteiger partial charge in [-0.15, -0.1) is 0 Å². The molecule has 8 N–H and O–H groups in total. The van der Waals surface area contributed by atoms with Gasteiger partial charge in [-0.3, -0.25) is 18.7 Å². The molecule has 0 unspecified atom stereocenters. The van der Waals surface area contributed by atoms with Crippen LogP contribution >= 0.6 is 0 Å². The Morgan fingerprint density at radius 1 is 0.481 bits per heavy atom. The standard InChI is InChI=1S/C37H30N4O11S2/c1-19-15-21(35(44)38-29-17-31(53(47,48)49)23-7-3-5-9-25(23)33(29)42)11-13-27(19)40-37(46)41-28-14-12-22(16-20(28)2)36(45)39-30-18-32(54(50,51)52)24-8-4-6-10-26(24)34(30)43/h3-18,42-43H,1-2H3,(H,38,44)(H,39,45)(H2,40,41,46)(H,47,48,49)(H,50,51,52). The minimum atomic E-state index is -4.71. The van der Waals surface area contributed by atoms with Gasteiger partial charge < -0.3 is 31.5 Å². The second kappa shape index (κ2) is 14.1. The third-order valence-electron chi connectivity index (χ3n) is 8.48. The van der Waals surface area contributed by atoms with Crippen LogP contribution in [0.2, 0.25) is 0 Å². The molecule has 17 heteroatoms. The Bertz CT molecular complexity index is 2600. The topological polar surface area (TPSA) is 249 Å². The second-order valence-electron chi connectivity index (χ2n) is 12.1. The first-order valence-corrected chi connectivity index (χ1v) is 18.7. The molecule has 0 bridgehead atoms. The van der Waals surface area contributed by atoms with Gasteiger partial charge in [0.1, 0.15) is 21.3 Å². The molecule has 54 heavy (non-hydrogen) atoms. The fraction of sp³-hybridized carbons (Fsp3) is 0.0541. The van der Waals surface area contributed by atoms with E-state index in [9.17, 15) is 50.5 Å². The molecule has 6 rings (SSSR count). The lowest BCUT2D eigenvalue weighted by Gasteiger charge is -2.15. The zero-order chi connectivity index (χ0) is 39.1. The van der Waals surface area contributed by atoms with Gasteiger partial charge in [0, 0.05) is 44.0 Å². The SMILES string of the molecule is Cc1cc(C(=O)Nc2cc(S(=O)(=O)O)c3ccccc3c2O)ccc1NC(=O)Nc1ccc(C(=O)Nc2cc(S(=O)(=O)O)c3ccccc3c2O)cc1C. The molecule has 15 nitrogen and oxygen atoms in total. The summed E-state index contributed by atoms with van der Waals surface area (Å²) in [5.41, 5.74) is 1.32. The summed E-state index contributed by atoms with van der Waals surface area (Å²) in [6.07, 6.45) is 0.